The van der Waals surface area contributed by atoms with Gasteiger partial charge in [0.05, 0.1) is 30.2 Å². The second-order valence-electron chi connectivity index (χ2n) is 9.83. The third kappa shape index (κ3) is 4.16. The molecule has 0 radical (unpaired) electrons. The molecule has 1 aromatic heterocycles. The molecule has 3 N–H and O–H groups in total. The van der Waals surface area contributed by atoms with Crippen LogP contribution in [0.5, 0.6) is 0 Å². The molecule has 11 heteroatoms. The Kier molecular flexibility index (Phi) is 5.29. The summed E-state index contributed by atoms with van der Waals surface area (Å²) in [5.41, 5.74) is 0.956. The number of hydroxylamine groups is 2. The van der Waals surface area contributed by atoms with Gasteiger partial charge in [-0.25, -0.2) is 0 Å². The number of alkyl halides is 3. The van der Waals surface area contributed by atoms with E-state index >= 15 is 0 Å². The largest absolute Gasteiger partial charge is 0.416 e. The maximum Gasteiger partial charge on any atom is 0.416 e. The maximum absolute atomic E-state index is 13.0. The second-order valence-corrected chi connectivity index (χ2v) is 9.83. The van der Waals surface area contributed by atoms with Gasteiger partial charge >= 0.3 is 6.18 Å². The highest BCUT2D eigenvalue weighted by Crippen LogP contribution is 2.45. The number of likely N-dealkylation sites (tertiary alicyclic amines) is 1. The topological polar surface area (TPSA) is 85.5 Å². The summed E-state index contributed by atoms with van der Waals surface area (Å²) in [5.74, 6) is 0.0217. The van der Waals surface area contributed by atoms with Crippen LogP contribution in [-0.4, -0.2) is 69.9 Å². The molecule has 1 spiro atoms. The van der Waals surface area contributed by atoms with Crippen molar-refractivity contribution in [3.63, 3.8) is 0 Å². The van der Waals surface area contributed by atoms with Crippen LogP contribution in [0.1, 0.15) is 31.2 Å². The van der Waals surface area contributed by atoms with Crippen LogP contribution in [0.15, 0.2) is 42.1 Å². The van der Waals surface area contributed by atoms with Crippen molar-refractivity contribution in [2.75, 3.05) is 31.5 Å². The van der Waals surface area contributed by atoms with Crippen LogP contribution < -0.4 is 10.6 Å². The lowest BCUT2D eigenvalue weighted by atomic mass is 9.76. The van der Waals surface area contributed by atoms with Gasteiger partial charge in [0.1, 0.15) is 5.60 Å². The average Bonchev–Trinajstić information content (AvgIpc) is 3.32. The highest BCUT2D eigenvalue weighted by molar-refractivity contribution is 5.92. The number of carbonyl (C=O) groups is 1. The molecule has 3 aliphatic heterocycles. The van der Waals surface area contributed by atoms with Crippen molar-refractivity contribution in [2.24, 2.45) is 0 Å². The van der Waals surface area contributed by atoms with E-state index in [9.17, 15) is 18.0 Å². The Labute approximate surface area is 200 Å². The molecular formula is C24H27F3N6O2. The summed E-state index contributed by atoms with van der Waals surface area (Å²) in [6.07, 6.45) is 5.93. The molecule has 35 heavy (non-hydrogen) atoms. The fraction of sp³-hybridized carbons (Fsp3) is 0.500. The zero-order valence-electron chi connectivity index (χ0n) is 19.1. The van der Waals surface area contributed by atoms with E-state index < -0.39 is 11.7 Å². The van der Waals surface area contributed by atoms with Gasteiger partial charge in [-0.05, 0) is 55.5 Å². The van der Waals surface area contributed by atoms with Crippen molar-refractivity contribution in [1.82, 2.24) is 25.5 Å². The van der Waals surface area contributed by atoms with Gasteiger partial charge in [0.25, 0.3) is 0 Å². The number of amides is 1. The van der Waals surface area contributed by atoms with Crippen LogP contribution >= 0.6 is 0 Å². The molecule has 0 atom stereocenters. The van der Waals surface area contributed by atoms with Gasteiger partial charge in [-0.1, -0.05) is 6.08 Å². The standard InChI is InChI=1S/C24H27F3N6O2/c25-24(26,27)15-3-4-20-19(10-15)22(31-30-20)28-11-21(34)29-17-13-32(14-17)18-5-7-23(8-6-18)16-2-1-9-33(12-16)35-23/h1-4,9-10,17-18H,5-8,11-14H2,(H,29,34)(H2,28,30,31). The van der Waals surface area contributed by atoms with Crippen molar-refractivity contribution >= 4 is 22.6 Å². The number of aromatic amines is 1. The first kappa shape index (κ1) is 22.4. The van der Waals surface area contributed by atoms with Crippen LogP contribution in [0.4, 0.5) is 19.0 Å². The first-order valence-corrected chi connectivity index (χ1v) is 12.0. The molecule has 3 fully saturated rings. The minimum atomic E-state index is -4.44. The Morgan fingerprint density at radius 1 is 1.26 bits per heavy atom. The molecule has 1 saturated carbocycles. The summed E-state index contributed by atoms with van der Waals surface area (Å²) in [6.45, 7) is 2.42. The first-order chi connectivity index (χ1) is 16.8. The molecule has 2 saturated heterocycles. The molecule has 8 nitrogen and oxygen atoms in total. The second kappa shape index (κ2) is 8.27. The Balaban J connectivity index is 0.964. The number of nitrogens with one attached hydrogen (secondary N) is 3. The molecule has 186 valence electrons. The van der Waals surface area contributed by atoms with E-state index in [1.165, 1.54) is 11.6 Å². The number of allylic oxidation sites excluding steroid dienone is 2. The number of H-pyrrole nitrogens is 1. The van der Waals surface area contributed by atoms with Crippen LogP contribution in [0.25, 0.3) is 10.9 Å². The van der Waals surface area contributed by atoms with E-state index in [-0.39, 0.29) is 29.9 Å². The highest BCUT2D eigenvalue weighted by Gasteiger charge is 2.48. The lowest BCUT2D eigenvalue weighted by Gasteiger charge is -2.48. The van der Waals surface area contributed by atoms with Crippen LogP contribution in [0, 0.1) is 0 Å². The van der Waals surface area contributed by atoms with Crippen LogP contribution in [-0.2, 0) is 15.8 Å². The summed E-state index contributed by atoms with van der Waals surface area (Å²) in [7, 11) is 0. The molecule has 2 aromatic rings. The monoisotopic (exact) mass is 488 g/mol. The number of rotatable bonds is 5. The molecule has 4 heterocycles. The van der Waals surface area contributed by atoms with Gasteiger partial charge in [0, 0.05) is 30.7 Å². The summed E-state index contributed by atoms with van der Waals surface area (Å²) in [6, 6.07) is 3.95. The highest BCUT2D eigenvalue weighted by atomic mass is 19.4. The number of anilines is 1. The molecule has 2 bridgehead atoms. The minimum Gasteiger partial charge on any atom is -0.359 e. The van der Waals surface area contributed by atoms with Gasteiger partial charge in [-0.2, -0.15) is 18.3 Å². The average molecular weight is 489 g/mol. The predicted molar refractivity (Wildman–Crippen MR) is 123 cm³/mol. The number of halogens is 3. The van der Waals surface area contributed by atoms with Crippen LogP contribution in [0.2, 0.25) is 0 Å². The Morgan fingerprint density at radius 2 is 2.06 bits per heavy atom. The Morgan fingerprint density at radius 3 is 2.80 bits per heavy atom. The summed E-state index contributed by atoms with van der Waals surface area (Å²) in [4.78, 5) is 21.0. The van der Waals surface area contributed by atoms with Crippen molar-refractivity contribution in [3.8, 4) is 0 Å². The zero-order valence-corrected chi connectivity index (χ0v) is 19.1. The number of carbonyl (C=O) groups excluding carboxylic acids is 1. The lowest BCUT2D eigenvalue weighted by molar-refractivity contribution is -0.174. The predicted octanol–water partition coefficient (Wildman–Crippen LogP) is 3.18. The lowest BCUT2D eigenvalue weighted by Crippen LogP contribution is -2.63. The number of hydrogen-bond donors (Lipinski definition) is 3. The Hall–Kier alpha value is -3.05. The number of aromatic nitrogens is 2. The number of fused-ring (bicyclic) bond motifs is 4. The first-order valence-electron chi connectivity index (χ1n) is 12.0. The van der Waals surface area contributed by atoms with Gasteiger partial charge in [0.15, 0.2) is 5.82 Å². The SMILES string of the molecule is O=C(CNc1n[nH]c2ccc(C(F)(F)F)cc12)NC1CN(C2CCC3(CC2)ON2C=CC=C3C2)C1. The Bertz CT molecular complexity index is 1190. The molecule has 0 unspecified atom stereocenters. The van der Waals surface area contributed by atoms with Crippen molar-refractivity contribution in [3.05, 3.63) is 47.7 Å². The number of nitrogens with zero attached hydrogens (tertiary/aromatic N) is 3. The van der Waals surface area contributed by atoms with E-state index in [4.69, 9.17) is 4.84 Å². The molecular weight excluding hydrogens is 461 g/mol. The normalized spacial score (nSPS) is 26.8. The number of benzene rings is 1. The van der Waals surface area contributed by atoms with E-state index in [1.54, 1.807) is 0 Å². The van der Waals surface area contributed by atoms with E-state index in [0.29, 0.717) is 16.9 Å². The van der Waals surface area contributed by atoms with Gasteiger partial charge < -0.3 is 10.6 Å². The van der Waals surface area contributed by atoms with Crippen LogP contribution in [0.3, 0.4) is 0 Å². The minimum absolute atomic E-state index is 0.0599. The summed E-state index contributed by atoms with van der Waals surface area (Å²) in [5, 5.41) is 14.8. The fourth-order valence-corrected chi connectivity index (χ4v) is 5.69. The maximum atomic E-state index is 13.0. The third-order valence-electron chi connectivity index (χ3n) is 7.61. The van der Waals surface area contributed by atoms with E-state index in [0.717, 1.165) is 57.5 Å². The van der Waals surface area contributed by atoms with E-state index in [2.05, 4.69) is 31.8 Å². The molecule has 1 aliphatic carbocycles. The quantitative estimate of drug-likeness (QED) is 0.600. The van der Waals surface area contributed by atoms with Gasteiger partial charge in [-0.15, -0.1) is 0 Å². The molecule has 1 amide bonds. The van der Waals surface area contributed by atoms with Crippen molar-refractivity contribution in [2.45, 2.75) is 49.5 Å². The van der Waals surface area contributed by atoms with Gasteiger partial charge in [-0.3, -0.25) is 24.7 Å². The van der Waals surface area contributed by atoms with Crippen molar-refractivity contribution < 1.29 is 22.8 Å². The molecule has 4 aliphatic rings. The third-order valence-corrected chi connectivity index (χ3v) is 7.61. The molecule has 1 aromatic carbocycles. The summed E-state index contributed by atoms with van der Waals surface area (Å²) >= 11 is 0. The molecule has 6 rings (SSSR count). The zero-order chi connectivity index (χ0) is 24.2. The fourth-order valence-electron chi connectivity index (χ4n) is 5.69. The number of hydrogen-bond acceptors (Lipinski definition) is 6. The summed E-state index contributed by atoms with van der Waals surface area (Å²) < 4.78 is 39.1. The van der Waals surface area contributed by atoms with Gasteiger partial charge in [0.2, 0.25) is 5.91 Å². The van der Waals surface area contributed by atoms with E-state index in [1.807, 2.05) is 17.3 Å². The smallest absolute Gasteiger partial charge is 0.359 e. The van der Waals surface area contributed by atoms with Crippen molar-refractivity contribution in [1.29, 1.82) is 0 Å².